The second-order valence-electron chi connectivity index (χ2n) is 5.35. The highest BCUT2D eigenvalue weighted by molar-refractivity contribution is 5.90. The van der Waals surface area contributed by atoms with E-state index in [0.717, 1.165) is 22.5 Å². The van der Waals surface area contributed by atoms with Crippen LogP contribution in [0.1, 0.15) is 11.4 Å². The SMILES string of the molecule is Cc1cc(C)[n+](-c2ccccc2)c2c3ccccc3nn12. The smallest absolute Gasteiger partial charge is 0.195 e. The molecule has 21 heavy (non-hydrogen) atoms. The van der Waals surface area contributed by atoms with Gasteiger partial charge in [-0.05, 0) is 31.2 Å². The summed E-state index contributed by atoms with van der Waals surface area (Å²) in [6, 6.07) is 20.9. The molecular formula is C18H16N3+. The van der Waals surface area contributed by atoms with Gasteiger partial charge in [0.25, 0.3) is 0 Å². The summed E-state index contributed by atoms with van der Waals surface area (Å²) in [4.78, 5) is 0. The van der Waals surface area contributed by atoms with Gasteiger partial charge in [-0.2, -0.15) is 4.57 Å². The first-order valence-electron chi connectivity index (χ1n) is 7.11. The Hall–Kier alpha value is -2.68. The van der Waals surface area contributed by atoms with E-state index < -0.39 is 0 Å². The van der Waals surface area contributed by atoms with E-state index in [9.17, 15) is 0 Å². The first-order chi connectivity index (χ1) is 10.3. The highest BCUT2D eigenvalue weighted by atomic mass is 15.3. The first-order valence-corrected chi connectivity index (χ1v) is 7.11. The Kier molecular flexibility index (Phi) is 2.54. The van der Waals surface area contributed by atoms with Crippen LogP contribution in [0.4, 0.5) is 0 Å². The first kappa shape index (κ1) is 12.1. The minimum atomic E-state index is 1.02. The lowest BCUT2D eigenvalue weighted by Crippen LogP contribution is -2.37. The van der Waals surface area contributed by atoms with Gasteiger partial charge in [0.15, 0.2) is 0 Å². The number of fused-ring (bicyclic) bond motifs is 3. The van der Waals surface area contributed by atoms with Crippen molar-refractivity contribution in [2.75, 3.05) is 0 Å². The molecular weight excluding hydrogens is 258 g/mol. The summed E-state index contributed by atoms with van der Waals surface area (Å²) in [7, 11) is 0. The average molecular weight is 274 g/mol. The van der Waals surface area contributed by atoms with Crippen molar-refractivity contribution in [1.29, 1.82) is 0 Å². The summed E-state index contributed by atoms with van der Waals surface area (Å²) in [6.45, 7) is 4.24. The molecule has 3 nitrogen and oxygen atoms in total. The van der Waals surface area contributed by atoms with Crippen LogP contribution in [0.2, 0.25) is 0 Å². The summed E-state index contributed by atoms with van der Waals surface area (Å²) in [5.41, 5.74) is 5.65. The minimum absolute atomic E-state index is 1.02. The highest BCUT2D eigenvalue weighted by Gasteiger charge is 2.21. The van der Waals surface area contributed by atoms with Crippen molar-refractivity contribution in [3.05, 3.63) is 72.1 Å². The summed E-state index contributed by atoms with van der Waals surface area (Å²) >= 11 is 0. The summed E-state index contributed by atoms with van der Waals surface area (Å²) in [5, 5.41) is 5.91. The second kappa shape index (κ2) is 4.42. The summed E-state index contributed by atoms with van der Waals surface area (Å²) in [6.07, 6.45) is 0. The number of nitrogens with zero attached hydrogens (tertiary/aromatic N) is 3. The molecule has 2 heterocycles. The van der Waals surface area contributed by atoms with Gasteiger partial charge in [0.1, 0.15) is 22.6 Å². The minimum Gasteiger partial charge on any atom is -0.195 e. The maximum Gasteiger partial charge on any atom is 0.322 e. The Morgan fingerprint density at radius 3 is 2.43 bits per heavy atom. The molecule has 0 amide bonds. The van der Waals surface area contributed by atoms with E-state index in [-0.39, 0.29) is 0 Å². The molecule has 2 aromatic heterocycles. The molecule has 0 saturated heterocycles. The fourth-order valence-electron chi connectivity index (χ4n) is 2.98. The summed E-state index contributed by atoms with van der Waals surface area (Å²) in [5.74, 6) is 0. The molecule has 0 spiro atoms. The zero-order chi connectivity index (χ0) is 14.4. The van der Waals surface area contributed by atoms with Crippen molar-refractivity contribution >= 4 is 16.6 Å². The van der Waals surface area contributed by atoms with Crippen LogP contribution in [0.25, 0.3) is 22.2 Å². The third kappa shape index (κ3) is 1.74. The van der Waals surface area contributed by atoms with E-state index in [2.05, 4.69) is 66.9 Å². The maximum atomic E-state index is 4.74. The van der Waals surface area contributed by atoms with Gasteiger partial charge in [-0.15, -0.1) is 4.52 Å². The topological polar surface area (TPSA) is 21.2 Å². The third-order valence-corrected chi connectivity index (χ3v) is 3.88. The van der Waals surface area contributed by atoms with Crippen LogP contribution in [0.3, 0.4) is 0 Å². The lowest BCUT2D eigenvalue weighted by molar-refractivity contribution is -0.577. The molecule has 0 aliphatic heterocycles. The van der Waals surface area contributed by atoms with E-state index in [1.54, 1.807) is 0 Å². The molecule has 4 rings (SSSR count). The molecule has 2 aromatic carbocycles. The zero-order valence-corrected chi connectivity index (χ0v) is 12.1. The molecule has 0 bridgehead atoms. The van der Waals surface area contributed by atoms with Gasteiger partial charge in [-0.25, -0.2) is 0 Å². The van der Waals surface area contributed by atoms with E-state index in [0.29, 0.717) is 0 Å². The molecule has 0 N–H and O–H groups in total. The molecule has 0 fully saturated rings. The van der Waals surface area contributed by atoms with Gasteiger partial charge >= 0.3 is 5.65 Å². The molecule has 0 atom stereocenters. The van der Waals surface area contributed by atoms with E-state index in [1.165, 1.54) is 11.1 Å². The number of hydrogen-bond donors (Lipinski definition) is 0. The molecule has 3 heteroatoms. The Morgan fingerprint density at radius 2 is 1.62 bits per heavy atom. The normalized spacial score (nSPS) is 11.3. The van der Waals surface area contributed by atoms with Crippen molar-refractivity contribution in [3.8, 4) is 5.69 Å². The van der Waals surface area contributed by atoms with E-state index in [4.69, 9.17) is 5.10 Å². The predicted molar refractivity (Wildman–Crippen MR) is 83.7 cm³/mol. The van der Waals surface area contributed by atoms with Crippen LogP contribution in [0.15, 0.2) is 60.7 Å². The maximum absolute atomic E-state index is 4.74. The molecule has 0 unspecified atom stereocenters. The number of rotatable bonds is 1. The molecule has 4 aromatic rings. The van der Waals surface area contributed by atoms with Crippen LogP contribution in [-0.2, 0) is 0 Å². The summed E-state index contributed by atoms with van der Waals surface area (Å²) < 4.78 is 4.30. The molecule has 0 radical (unpaired) electrons. The van der Waals surface area contributed by atoms with Crippen LogP contribution in [0.5, 0.6) is 0 Å². The fraction of sp³-hybridized carbons (Fsp3) is 0.111. The van der Waals surface area contributed by atoms with Crippen LogP contribution in [0, 0.1) is 13.8 Å². The predicted octanol–water partition coefficient (Wildman–Crippen LogP) is 3.38. The number of hydrogen-bond acceptors (Lipinski definition) is 1. The average Bonchev–Trinajstić information content (AvgIpc) is 2.89. The Labute approximate surface area is 123 Å². The number of aryl methyl sites for hydroxylation is 2. The standard InChI is InChI=1S/C18H16N3/c1-13-12-14(2)21-18(16-10-6-7-11-17(16)19-21)20(13)15-8-4-3-5-9-15/h3-12H,1-2H3/q+1. The molecule has 102 valence electrons. The van der Waals surface area contributed by atoms with Gasteiger partial charge in [-0.3, -0.25) is 0 Å². The fourth-order valence-corrected chi connectivity index (χ4v) is 2.98. The van der Waals surface area contributed by atoms with E-state index >= 15 is 0 Å². The van der Waals surface area contributed by atoms with Gasteiger partial charge < -0.3 is 0 Å². The van der Waals surface area contributed by atoms with Crippen LogP contribution < -0.4 is 4.57 Å². The largest absolute Gasteiger partial charge is 0.322 e. The van der Waals surface area contributed by atoms with Crippen molar-refractivity contribution in [1.82, 2.24) is 9.61 Å². The highest BCUT2D eigenvalue weighted by Crippen LogP contribution is 2.19. The van der Waals surface area contributed by atoms with Crippen molar-refractivity contribution in [2.24, 2.45) is 0 Å². The number of para-hydroxylation sites is 1. The van der Waals surface area contributed by atoms with Crippen molar-refractivity contribution < 1.29 is 4.57 Å². The number of aromatic nitrogens is 3. The monoisotopic (exact) mass is 274 g/mol. The van der Waals surface area contributed by atoms with Gasteiger partial charge in [0.2, 0.25) is 0 Å². The quantitative estimate of drug-likeness (QED) is 0.487. The van der Waals surface area contributed by atoms with Gasteiger partial charge in [0, 0.05) is 13.0 Å². The Bertz CT molecular complexity index is 952. The van der Waals surface area contributed by atoms with E-state index in [1.807, 2.05) is 16.6 Å². The van der Waals surface area contributed by atoms with Crippen LogP contribution in [-0.4, -0.2) is 9.61 Å². The second-order valence-corrected chi connectivity index (χ2v) is 5.35. The van der Waals surface area contributed by atoms with Gasteiger partial charge in [0.05, 0.1) is 5.39 Å². The van der Waals surface area contributed by atoms with Crippen molar-refractivity contribution in [3.63, 3.8) is 0 Å². The molecule has 0 saturated carbocycles. The van der Waals surface area contributed by atoms with Crippen molar-refractivity contribution in [2.45, 2.75) is 13.8 Å². The van der Waals surface area contributed by atoms with Gasteiger partial charge in [-0.1, -0.05) is 35.4 Å². The number of benzene rings is 2. The Balaban J connectivity index is 2.24. The lowest BCUT2D eigenvalue weighted by atomic mass is 10.2. The lowest BCUT2D eigenvalue weighted by Gasteiger charge is -2.06. The third-order valence-electron chi connectivity index (χ3n) is 3.88. The van der Waals surface area contributed by atoms with Crippen LogP contribution >= 0.6 is 0 Å². The molecule has 0 aliphatic rings. The zero-order valence-electron chi connectivity index (χ0n) is 12.1. The molecule has 0 aliphatic carbocycles. The Morgan fingerprint density at radius 1 is 0.905 bits per heavy atom.